The average molecular weight is 282 g/mol. The Kier molecular flexibility index (Phi) is 3.03. The lowest BCUT2D eigenvalue weighted by molar-refractivity contribution is 0.363. The van der Waals surface area contributed by atoms with E-state index in [9.17, 15) is 13.5 Å². The molecule has 1 aromatic rings. The fraction of sp³-hybridized carbons (Fsp3) is 0.143. The van der Waals surface area contributed by atoms with Crippen molar-refractivity contribution >= 4 is 26.0 Å². The second-order valence-electron chi connectivity index (χ2n) is 2.50. The van der Waals surface area contributed by atoms with Crippen molar-refractivity contribution < 1.29 is 18.3 Å². The summed E-state index contributed by atoms with van der Waals surface area (Å²) in [6.07, 6.45) is 0. The predicted molar refractivity (Wildman–Crippen MR) is 53.7 cm³/mol. The summed E-state index contributed by atoms with van der Waals surface area (Å²) in [5, 5.41) is 14.3. The molecule has 3 N–H and O–H groups in total. The van der Waals surface area contributed by atoms with Crippen molar-refractivity contribution in [3.8, 4) is 11.5 Å². The number of primary sulfonamides is 1. The second-order valence-corrected chi connectivity index (χ2v) is 4.95. The molecule has 0 saturated carbocycles. The van der Waals surface area contributed by atoms with E-state index < -0.39 is 10.0 Å². The fourth-order valence-corrected chi connectivity index (χ4v) is 2.31. The Hall–Kier alpha value is -0.790. The van der Waals surface area contributed by atoms with Gasteiger partial charge in [0.05, 0.1) is 7.11 Å². The van der Waals surface area contributed by atoms with E-state index in [1.165, 1.54) is 19.2 Å². The summed E-state index contributed by atoms with van der Waals surface area (Å²) in [4.78, 5) is -0.258. The van der Waals surface area contributed by atoms with Gasteiger partial charge in [0.15, 0.2) is 11.5 Å². The standard InChI is InChI=1S/C7H8BrNO4S/c1-13-7-5(10)2-4(8)3-6(7)14(9,11)12/h2-3,10H,1H3,(H2,9,11,12). The summed E-state index contributed by atoms with van der Waals surface area (Å²) in [6.45, 7) is 0. The van der Waals surface area contributed by atoms with Crippen molar-refractivity contribution in [1.29, 1.82) is 0 Å². The van der Waals surface area contributed by atoms with Gasteiger partial charge in [-0.2, -0.15) is 0 Å². The lowest BCUT2D eigenvalue weighted by Gasteiger charge is -2.08. The zero-order valence-corrected chi connectivity index (χ0v) is 9.59. The maximum absolute atomic E-state index is 11.1. The second kappa shape index (κ2) is 3.76. The maximum atomic E-state index is 11.1. The molecule has 0 aliphatic rings. The van der Waals surface area contributed by atoms with Gasteiger partial charge in [-0.1, -0.05) is 15.9 Å². The first-order valence-corrected chi connectivity index (χ1v) is 5.79. The van der Waals surface area contributed by atoms with Gasteiger partial charge in [0, 0.05) is 4.47 Å². The van der Waals surface area contributed by atoms with Crippen LogP contribution >= 0.6 is 15.9 Å². The molecule has 0 amide bonds. The minimum absolute atomic E-state index is 0.157. The van der Waals surface area contributed by atoms with Crippen LogP contribution in [0.4, 0.5) is 0 Å². The number of halogens is 1. The van der Waals surface area contributed by atoms with Gasteiger partial charge in [0.2, 0.25) is 10.0 Å². The van der Waals surface area contributed by atoms with E-state index in [0.29, 0.717) is 4.47 Å². The first-order valence-electron chi connectivity index (χ1n) is 3.45. The molecule has 0 fully saturated rings. The van der Waals surface area contributed by atoms with Crippen molar-refractivity contribution in [3.63, 3.8) is 0 Å². The van der Waals surface area contributed by atoms with Gasteiger partial charge in [0.1, 0.15) is 4.90 Å². The summed E-state index contributed by atoms with van der Waals surface area (Å²) < 4.78 is 27.3. The van der Waals surface area contributed by atoms with E-state index in [4.69, 9.17) is 9.88 Å². The van der Waals surface area contributed by atoms with Gasteiger partial charge in [-0.15, -0.1) is 0 Å². The summed E-state index contributed by atoms with van der Waals surface area (Å²) in [5.74, 6) is -0.443. The number of aromatic hydroxyl groups is 1. The van der Waals surface area contributed by atoms with Gasteiger partial charge < -0.3 is 9.84 Å². The number of rotatable bonds is 2. The molecule has 0 aromatic heterocycles. The first kappa shape index (κ1) is 11.3. The molecular weight excluding hydrogens is 274 g/mol. The zero-order chi connectivity index (χ0) is 10.9. The highest BCUT2D eigenvalue weighted by atomic mass is 79.9. The third kappa shape index (κ3) is 2.17. The predicted octanol–water partition coefficient (Wildman–Crippen LogP) is 0.811. The van der Waals surface area contributed by atoms with Crippen LogP contribution in [0.1, 0.15) is 0 Å². The summed E-state index contributed by atoms with van der Waals surface area (Å²) in [7, 11) is -2.66. The molecule has 1 aromatic carbocycles. The number of phenolic OH excluding ortho intramolecular Hbond substituents is 1. The third-order valence-electron chi connectivity index (χ3n) is 1.51. The van der Waals surface area contributed by atoms with Crippen LogP contribution in [0.25, 0.3) is 0 Å². The molecule has 0 atom stereocenters. The van der Waals surface area contributed by atoms with E-state index in [1.54, 1.807) is 0 Å². The van der Waals surface area contributed by atoms with Crippen LogP contribution in [-0.2, 0) is 10.0 Å². The first-order chi connectivity index (χ1) is 6.36. The number of sulfonamides is 1. The van der Waals surface area contributed by atoms with E-state index in [2.05, 4.69) is 15.9 Å². The van der Waals surface area contributed by atoms with E-state index >= 15 is 0 Å². The number of phenols is 1. The number of nitrogens with two attached hydrogens (primary N) is 1. The number of benzene rings is 1. The van der Waals surface area contributed by atoms with Crippen LogP contribution in [0.15, 0.2) is 21.5 Å². The molecule has 5 nitrogen and oxygen atoms in total. The van der Waals surface area contributed by atoms with Crippen molar-refractivity contribution in [2.24, 2.45) is 5.14 Å². The highest BCUT2D eigenvalue weighted by Crippen LogP contribution is 2.35. The minimum Gasteiger partial charge on any atom is -0.504 e. The largest absolute Gasteiger partial charge is 0.504 e. The van der Waals surface area contributed by atoms with Gasteiger partial charge in [0.25, 0.3) is 0 Å². The summed E-state index contributed by atoms with van der Waals surface area (Å²) in [6, 6.07) is 2.57. The molecule has 0 aliphatic carbocycles. The Balaban J connectivity index is 3.56. The lowest BCUT2D eigenvalue weighted by Crippen LogP contribution is -2.13. The van der Waals surface area contributed by atoms with Crippen molar-refractivity contribution in [2.45, 2.75) is 4.90 Å². The van der Waals surface area contributed by atoms with Crippen LogP contribution in [0.3, 0.4) is 0 Å². The Morgan fingerprint density at radius 3 is 2.50 bits per heavy atom. The molecule has 0 saturated heterocycles. The van der Waals surface area contributed by atoms with Gasteiger partial charge in [-0.05, 0) is 12.1 Å². The van der Waals surface area contributed by atoms with Crippen LogP contribution in [0.5, 0.6) is 11.5 Å². The van der Waals surface area contributed by atoms with E-state index in [0.717, 1.165) is 0 Å². The summed E-state index contributed by atoms with van der Waals surface area (Å²) >= 11 is 3.03. The molecule has 1 rings (SSSR count). The highest BCUT2D eigenvalue weighted by Gasteiger charge is 2.19. The van der Waals surface area contributed by atoms with Crippen LogP contribution in [0, 0.1) is 0 Å². The van der Waals surface area contributed by atoms with Gasteiger partial charge in [-0.25, -0.2) is 13.6 Å². The Labute approximate surface area is 89.7 Å². The molecule has 0 bridgehead atoms. The quantitative estimate of drug-likeness (QED) is 0.840. The molecule has 0 aliphatic heterocycles. The van der Waals surface area contributed by atoms with Gasteiger partial charge in [-0.3, -0.25) is 0 Å². The third-order valence-corrected chi connectivity index (χ3v) is 2.88. The normalized spacial score (nSPS) is 11.4. The summed E-state index contributed by atoms with van der Waals surface area (Å²) in [5.41, 5.74) is 0. The number of hydrogen-bond acceptors (Lipinski definition) is 4. The van der Waals surface area contributed by atoms with Crippen LogP contribution in [0.2, 0.25) is 0 Å². The molecule has 0 spiro atoms. The van der Waals surface area contributed by atoms with Crippen molar-refractivity contribution in [3.05, 3.63) is 16.6 Å². The Morgan fingerprint density at radius 2 is 2.07 bits per heavy atom. The topological polar surface area (TPSA) is 89.6 Å². The van der Waals surface area contributed by atoms with Crippen LogP contribution in [-0.4, -0.2) is 20.6 Å². The number of ether oxygens (including phenoxy) is 1. The SMILES string of the molecule is COc1c(O)cc(Br)cc1S(N)(=O)=O. The number of methoxy groups -OCH3 is 1. The molecule has 7 heteroatoms. The molecule has 14 heavy (non-hydrogen) atoms. The smallest absolute Gasteiger partial charge is 0.241 e. The van der Waals surface area contributed by atoms with Gasteiger partial charge >= 0.3 is 0 Å². The lowest BCUT2D eigenvalue weighted by atomic mass is 10.3. The fourth-order valence-electron chi connectivity index (χ4n) is 0.971. The molecule has 78 valence electrons. The van der Waals surface area contributed by atoms with Crippen molar-refractivity contribution in [2.75, 3.05) is 7.11 Å². The maximum Gasteiger partial charge on any atom is 0.241 e. The molecular formula is C7H8BrNO4S. The monoisotopic (exact) mass is 281 g/mol. The zero-order valence-electron chi connectivity index (χ0n) is 7.19. The van der Waals surface area contributed by atoms with E-state index in [1.807, 2.05) is 0 Å². The molecule has 0 heterocycles. The highest BCUT2D eigenvalue weighted by molar-refractivity contribution is 9.10. The van der Waals surface area contributed by atoms with Crippen LogP contribution < -0.4 is 9.88 Å². The Morgan fingerprint density at radius 1 is 1.50 bits per heavy atom. The minimum atomic E-state index is -3.91. The molecule has 0 unspecified atom stereocenters. The van der Waals surface area contributed by atoms with E-state index in [-0.39, 0.29) is 16.4 Å². The number of hydrogen-bond donors (Lipinski definition) is 2. The van der Waals surface area contributed by atoms with Crippen molar-refractivity contribution in [1.82, 2.24) is 0 Å². The Bertz CT molecular complexity index is 457. The molecule has 0 radical (unpaired) electrons. The average Bonchev–Trinajstić information content (AvgIpc) is 2.01.